The standard InChI is InChI=1S/C52H66O4Si/c1-7-8-9-10-11-12-28-39-48-47(40-53-52(42-29-18-13-19-30-42,43-31-20-14-21-32-43)44-33-22-15-23-34-44)49(56-51(5,6)55-48)41-54-57(50(2,3)4,45-35-24-16-25-36-45)46-37-26-17-27-38-46/h13-27,29-38,47-49H,7-12,28,39-41H2,1-6H3/t47-,48-,49+/m1/s1. The van der Waals surface area contributed by atoms with Crippen LogP contribution >= 0.6 is 0 Å². The molecule has 0 amide bonds. The molecule has 0 saturated carbocycles. The summed E-state index contributed by atoms with van der Waals surface area (Å²) in [6.07, 6.45) is 9.35. The summed E-state index contributed by atoms with van der Waals surface area (Å²) in [7, 11) is -2.86. The first-order valence-corrected chi connectivity index (χ1v) is 23.4. The molecule has 5 aromatic carbocycles. The van der Waals surface area contributed by atoms with Gasteiger partial charge in [0.15, 0.2) is 5.79 Å². The Balaban J connectivity index is 1.40. The van der Waals surface area contributed by atoms with Crippen molar-refractivity contribution in [1.82, 2.24) is 0 Å². The highest BCUT2D eigenvalue weighted by molar-refractivity contribution is 6.99. The zero-order valence-electron chi connectivity index (χ0n) is 35.4. The van der Waals surface area contributed by atoms with Crippen LogP contribution in [0.2, 0.25) is 5.04 Å². The maximum absolute atomic E-state index is 7.65. The molecule has 3 atom stereocenters. The van der Waals surface area contributed by atoms with Crippen LogP contribution in [0.4, 0.5) is 0 Å². The second-order valence-electron chi connectivity index (χ2n) is 17.4. The molecule has 1 fully saturated rings. The number of unbranched alkanes of at least 4 members (excludes halogenated alkanes) is 6. The lowest BCUT2D eigenvalue weighted by atomic mass is 9.79. The summed E-state index contributed by atoms with van der Waals surface area (Å²) in [6.45, 7) is 14.3. The Bertz CT molecular complexity index is 1740. The fraction of sp³-hybridized carbons (Fsp3) is 0.423. The van der Waals surface area contributed by atoms with Crippen molar-refractivity contribution >= 4 is 18.7 Å². The molecule has 0 radical (unpaired) electrons. The van der Waals surface area contributed by atoms with Crippen LogP contribution in [0.1, 0.15) is 110 Å². The molecule has 5 aromatic rings. The van der Waals surface area contributed by atoms with Crippen LogP contribution in [0, 0.1) is 5.92 Å². The molecule has 1 aliphatic rings. The van der Waals surface area contributed by atoms with Gasteiger partial charge in [0, 0.05) is 5.92 Å². The largest absolute Gasteiger partial charge is 0.405 e. The highest BCUT2D eigenvalue weighted by Crippen LogP contribution is 2.44. The van der Waals surface area contributed by atoms with E-state index in [4.69, 9.17) is 18.6 Å². The predicted molar refractivity (Wildman–Crippen MR) is 239 cm³/mol. The predicted octanol–water partition coefficient (Wildman–Crippen LogP) is 11.8. The van der Waals surface area contributed by atoms with E-state index in [0.717, 1.165) is 29.5 Å². The summed E-state index contributed by atoms with van der Waals surface area (Å²) in [5.41, 5.74) is 2.40. The van der Waals surface area contributed by atoms with E-state index < -0.39 is 19.7 Å². The average molecular weight is 783 g/mol. The second-order valence-corrected chi connectivity index (χ2v) is 21.7. The van der Waals surface area contributed by atoms with Crippen LogP contribution in [0.25, 0.3) is 0 Å². The van der Waals surface area contributed by atoms with Gasteiger partial charge in [-0.1, -0.05) is 224 Å². The second kappa shape index (κ2) is 19.7. The Morgan fingerprint density at radius 2 is 0.930 bits per heavy atom. The summed E-state index contributed by atoms with van der Waals surface area (Å²) in [5, 5.41) is 2.36. The summed E-state index contributed by atoms with van der Waals surface area (Å²) in [5.74, 6) is -0.872. The normalized spacial score (nSPS) is 18.7. The quantitative estimate of drug-likeness (QED) is 0.0475. The molecule has 1 aliphatic heterocycles. The number of hydrogen-bond donors (Lipinski definition) is 0. The number of benzene rings is 5. The fourth-order valence-corrected chi connectivity index (χ4v) is 13.6. The molecule has 5 heteroatoms. The molecule has 1 heterocycles. The van der Waals surface area contributed by atoms with Gasteiger partial charge in [0.1, 0.15) is 5.60 Å². The van der Waals surface area contributed by atoms with Gasteiger partial charge in [-0.3, -0.25) is 0 Å². The van der Waals surface area contributed by atoms with Crippen LogP contribution < -0.4 is 10.4 Å². The van der Waals surface area contributed by atoms with E-state index in [1.807, 2.05) is 0 Å². The SMILES string of the molecule is CCCCCCCCC[C@H]1OC(C)(C)O[C@@H](CO[Si](c2ccccc2)(c2ccccc2)C(C)(C)C)[C@@H]1COC(c1ccccc1)(c1ccccc1)c1ccccc1. The highest BCUT2D eigenvalue weighted by Gasteiger charge is 2.52. The van der Waals surface area contributed by atoms with Gasteiger partial charge < -0.3 is 18.6 Å². The Kier molecular flexibility index (Phi) is 14.8. The first kappa shape index (κ1) is 42.8. The van der Waals surface area contributed by atoms with E-state index in [2.05, 4.69) is 193 Å². The van der Waals surface area contributed by atoms with Gasteiger partial charge >= 0.3 is 0 Å². The Morgan fingerprint density at radius 3 is 1.37 bits per heavy atom. The zero-order chi connectivity index (χ0) is 40.2. The van der Waals surface area contributed by atoms with E-state index in [1.54, 1.807) is 0 Å². The number of rotatable bonds is 19. The summed E-state index contributed by atoms with van der Waals surface area (Å²) < 4.78 is 29.3. The highest BCUT2D eigenvalue weighted by atomic mass is 28.4. The van der Waals surface area contributed by atoms with Gasteiger partial charge in [-0.25, -0.2) is 0 Å². The zero-order valence-corrected chi connectivity index (χ0v) is 36.4. The molecule has 4 nitrogen and oxygen atoms in total. The summed E-state index contributed by atoms with van der Waals surface area (Å²) in [4.78, 5) is 0. The van der Waals surface area contributed by atoms with Gasteiger partial charge in [0.2, 0.25) is 0 Å². The minimum Gasteiger partial charge on any atom is -0.405 e. The third kappa shape index (κ3) is 10.1. The van der Waals surface area contributed by atoms with Crippen molar-refractivity contribution in [3.8, 4) is 0 Å². The van der Waals surface area contributed by atoms with Crippen LogP contribution in [0.3, 0.4) is 0 Å². The molecule has 57 heavy (non-hydrogen) atoms. The third-order valence-electron chi connectivity index (χ3n) is 11.8. The minimum absolute atomic E-state index is 0.0721. The summed E-state index contributed by atoms with van der Waals surface area (Å²) >= 11 is 0. The molecule has 0 bridgehead atoms. The van der Waals surface area contributed by atoms with Crippen molar-refractivity contribution in [2.45, 2.75) is 122 Å². The third-order valence-corrected chi connectivity index (χ3v) is 16.8. The smallest absolute Gasteiger partial charge is 0.261 e. The van der Waals surface area contributed by atoms with Gasteiger partial charge in [0.05, 0.1) is 25.4 Å². The monoisotopic (exact) mass is 782 g/mol. The van der Waals surface area contributed by atoms with Crippen LogP contribution in [0.15, 0.2) is 152 Å². The fourth-order valence-electron chi connectivity index (χ4n) is 9.08. The van der Waals surface area contributed by atoms with Crippen LogP contribution in [-0.2, 0) is 24.2 Å². The molecule has 0 aromatic heterocycles. The van der Waals surface area contributed by atoms with Crippen molar-refractivity contribution in [1.29, 1.82) is 0 Å². The molecule has 302 valence electrons. The first-order valence-electron chi connectivity index (χ1n) is 21.5. The lowest BCUT2D eigenvalue weighted by molar-refractivity contribution is -0.331. The number of hydrogen-bond acceptors (Lipinski definition) is 4. The molecule has 0 unspecified atom stereocenters. The maximum Gasteiger partial charge on any atom is 0.261 e. The number of ether oxygens (including phenoxy) is 3. The van der Waals surface area contributed by atoms with E-state index in [1.165, 1.54) is 48.9 Å². The van der Waals surface area contributed by atoms with Gasteiger partial charge in [0.25, 0.3) is 8.32 Å². The van der Waals surface area contributed by atoms with Gasteiger partial charge in [-0.15, -0.1) is 0 Å². The van der Waals surface area contributed by atoms with Crippen molar-refractivity contribution in [3.63, 3.8) is 0 Å². The topological polar surface area (TPSA) is 36.9 Å². The van der Waals surface area contributed by atoms with E-state index in [9.17, 15) is 0 Å². The molecule has 1 saturated heterocycles. The van der Waals surface area contributed by atoms with E-state index in [-0.39, 0.29) is 23.2 Å². The van der Waals surface area contributed by atoms with Gasteiger partial charge in [-0.05, 0) is 52.4 Å². The Hall–Kier alpha value is -3.84. The Morgan fingerprint density at radius 1 is 0.526 bits per heavy atom. The first-order chi connectivity index (χ1) is 27.6. The summed E-state index contributed by atoms with van der Waals surface area (Å²) in [6, 6.07) is 53.9. The Labute approximate surface area is 345 Å². The van der Waals surface area contributed by atoms with E-state index >= 15 is 0 Å². The van der Waals surface area contributed by atoms with Crippen molar-refractivity contribution in [3.05, 3.63) is 168 Å². The minimum atomic E-state index is -2.86. The van der Waals surface area contributed by atoms with Crippen molar-refractivity contribution in [2.24, 2.45) is 5.92 Å². The molecule has 6 rings (SSSR count). The molecule has 0 N–H and O–H groups in total. The van der Waals surface area contributed by atoms with Crippen molar-refractivity contribution < 1.29 is 18.6 Å². The van der Waals surface area contributed by atoms with Gasteiger partial charge in [-0.2, -0.15) is 0 Å². The molecule has 0 spiro atoms. The molecule has 0 aliphatic carbocycles. The van der Waals surface area contributed by atoms with Crippen LogP contribution in [0.5, 0.6) is 0 Å². The van der Waals surface area contributed by atoms with Crippen molar-refractivity contribution in [2.75, 3.05) is 13.2 Å². The van der Waals surface area contributed by atoms with E-state index in [0.29, 0.717) is 13.2 Å². The lowest BCUT2D eigenvalue weighted by Crippen LogP contribution is -2.67. The lowest BCUT2D eigenvalue weighted by Gasteiger charge is -2.49. The average Bonchev–Trinajstić information content (AvgIpc) is 3.23. The molecular weight excluding hydrogens is 717 g/mol. The molecular formula is C52H66O4Si. The van der Waals surface area contributed by atoms with Crippen LogP contribution in [-0.4, -0.2) is 39.5 Å². The maximum atomic E-state index is 7.65.